The molecule has 0 aliphatic rings. The molecule has 0 saturated carbocycles. The van der Waals surface area contributed by atoms with E-state index in [9.17, 15) is 13.5 Å². The van der Waals surface area contributed by atoms with Crippen molar-refractivity contribution in [2.24, 2.45) is 10.9 Å². The molecule has 6 nitrogen and oxygen atoms in total. The maximum atomic E-state index is 12.2. The Hall–Kier alpha value is -1.12. The molecule has 1 heterocycles. The van der Waals surface area contributed by atoms with Crippen molar-refractivity contribution in [3.63, 3.8) is 0 Å². The van der Waals surface area contributed by atoms with Crippen LogP contribution in [0.3, 0.4) is 0 Å². The third kappa shape index (κ3) is 10.7. The quantitative estimate of drug-likeness (QED) is 0.261. The molecule has 1 atom stereocenters. The Bertz CT molecular complexity index is 629. The first-order valence-electron chi connectivity index (χ1n) is 9.81. The molecule has 1 unspecified atom stereocenters. The fourth-order valence-corrected chi connectivity index (χ4v) is 5.07. The lowest BCUT2D eigenvalue weighted by atomic mass is 10.0. The molecule has 1 aromatic heterocycles. The second-order valence-corrected chi connectivity index (χ2v) is 10.3. The van der Waals surface area contributed by atoms with E-state index in [1.165, 1.54) is 37.0 Å². The zero-order valence-corrected chi connectivity index (χ0v) is 18.4. The summed E-state index contributed by atoms with van der Waals surface area (Å²) in [5.41, 5.74) is 0. The summed E-state index contributed by atoms with van der Waals surface area (Å²) in [6, 6.07) is 3.25. The van der Waals surface area contributed by atoms with Crippen LogP contribution >= 0.6 is 11.3 Å². The van der Waals surface area contributed by atoms with Crippen molar-refractivity contribution < 1.29 is 13.5 Å². The van der Waals surface area contributed by atoms with Gasteiger partial charge < -0.3 is 15.7 Å². The Morgan fingerprint density at radius 1 is 1.22 bits per heavy atom. The summed E-state index contributed by atoms with van der Waals surface area (Å²) in [7, 11) is -3.45. The number of nitrogens with zero attached hydrogens (tertiary/aromatic N) is 1. The second-order valence-electron chi connectivity index (χ2n) is 7.11. The van der Waals surface area contributed by atoms with Crippen molar-refractivity contribution in [2.45, 2.75) is 63.2 Å². The number of nitrogens with one attached hydrogen (secondary N) is 2. The van der Waals surface area contributed by atoms with Crippen LogP contribution in [-0.2, 0) is 9.84 Å². The Balaban J connectivity index is 2.35. The fraction of sp³-hybridized carbons (Fsp3) is 0.737. The lowest BCUT2D eigenvalue weighted by Gasteiger charge is -2.13. The number of guanidine groups is 1. The van der Waals surface area contributed by atoms with Crippen molar-refractivity contribution in [1.82, 2.24) is 10.6 Å². The molecule has 0 bridgehead atoms. The number of hydrogen-bond acceptors (Lipinski definition) is 5. The van der Waals surface area contributed by atoms with Crippen LogP contribution in [0.15, 0.2) is 26.7 Å². The van der Waals surface area contributed by atoms with Crippen LogP contribution in [-0.4, -0.2) is 51.0 Å². The number of aliphatic hydroxyl groups is 1. The molecule has 0 aliphatic heterocycles. The zero-order valence-electron chi connectivity index (χ0n) is 16.8. The van der Waals surface area contributed by atoms with Crippen molar-refractivity contribution in [3.8, 4) is 0 Å². The Morgan fingerprint density at radius 2 is 1.96 bits per heavy atom. The number of sulfone groups is 1. The van der Waals surface area contributed by atoms with Crippen LogP contribution < -0.4 is 10.6 Å². The van der Waals surface area contributed by atoms with Gasteiger partial charge in [0, 0.05) is 13.1 Å². The van der Waals surface area contributed by atoms with E-state index in [1.54, 1.807) is 17.5 Å². The van der Waals surface area contributed by atoms with E-state index >= 15 is 0 Å². The van der Waals surface area contributed by atoms with Crippen LogP contribution in [0.25, 0.3) is 0 Å². The summed E-state index contributed by atoms with van der Waals surface area (Å²) in [5, 5.41) is 18.2. The molecule has 0 spiro atoms. The van der Waals surface area contributed by atoms with Gasteiger partial charge in [-0.2, -0.15) is 0 Å². The molecule has 1 aromatic rings. The van der Waals surface area contributed by atoms with E-state index < -0.39 is 15.9 Å². The van der Waals surface area contributed by atoms with Crippen LogP contribution in [0.4, 0.5) is 0 Å². The number of hydrogen-bond donors (Lipinski definition) is 3. The average Bonchev–Trinajstić information content (AvgIpc) is 3.13. The number of aliphatic imine (C=N–C) groups is 1. The number of rotatable bonds is 13. The van der Waals surface area contributed by atoms with Gasteiger partial charge in [0.05, 0.1) is 18.4 Å². The van der Waals surface area contributed by atoms with E-state index in [4.69, 9.17) is 0 Å². The zero-order chi connectivity index (χ0) is 20.1. The van der Waals surface area contributed by atoms with Gasteiger partial charge in [-0.3, -0.25) is 4.99 Å². The van der Waals surface area contributed by atoms with Gasteiger partial charge in [-0.15, -0.1) is 11.3 Å². The Labute approximate surface area is 168 Å². The van der Waals surface area contributed by atoms with Gasteiger partial charge in [0.25, 0.3) is 0 Å². The van der Waals surface area contributed by atoms with Crippen LogP contribution in [0, 0.1) is 5.92 Å². The van der Waals surface area contributed by atoms with Gasteiger partial charge in [0.2, 0.25) is 0 Å². The highest BCUT2D eigenvalue weighted by Crippen LogP contribution is 2.18. The minimum atomic E-state index is -3.45. The van der Waals surface area contributed by atoms with Crippen molar-refractivity contribution in [3.05, 3.63) is 17.5 Å². The molecule has 0 saturated heterocycles. The molecule has 3 N–H and O–H groups in total. The van der Waals surface area contributed by atoms with Gasteiger partial charge in [-0.05, 0) is 30.7 Å². The summed E-state index contributed by atoms with van der Waals surface area (Å²) < 4.78 is 24.7. The molecule has 156 valence electrons. The van der Waals surface area contributed by atoms with Gasteiger partial charge in [-0.1, -0.05) is 45.6 Å². The van der Waals surface area contributed by atoms with Crippen molar-refractivity contribution in [1.29, 1.82) is 0 Å². The largest absolute Gasteiger partial charge is 0.390 e. The maximum Gasteiger partial charge on any atom is 0.191 e. The predicted molar refractivity (Wildman–Crippen MR) is 114 cm³/mol. The van der Waals surface area contributed by atoms with E-state index in [-0.39, 0.29) is 16.5 Å². The molecule has 0 aromatic carbocycles. The van der Waals surface area contributed by atoms with Gasteiger partial charge in [0.1, 0.15) is 4.21 Å². The summed E-state index contributed by atoms with van der Waals surface area (Å²) in [5.74, 6) is 1.07. The van der Waals surface area contributed by atoms with Crippen LogP contribution in [0.1, 0.15) is 52.9 Å². The molecule has 8 heteroatoms. The molecule has 0 amide bonds. The highest BCUT2D eigenvalue weighted by atomic mass is 32.2. The third-order valence-electron chi connectivity index (χ3n) is 4.02. The third-order valence-corrected chi connectivity index (χ3v) is 7.30. The number of unbranched alkanes of at least 4 members (excludes halogenated alkanes) is 3. The standard InChI is InChI=1S/C19H35N3O3S2/c1-4-20-19(21-12-8-6-5-7-10-16(2)3)22-14-17(23)15-27(24,25)18-11-9-13-26-18/h9,11,13,16-17,23H,4-8,10,12,14-15H2,1-3H3,(H2,20,21,22). The lowest BCUT2D eigenvalue weighted by Crippen LogP contribution is -2.38. The molecule has 1 rings (SSSR count). The summed E-state index contributed by atoms with van der Waals surface area (Å²) in [4.78, 5) is 4.32. The summed E-state index contributed by atoms with van der Waals surface area (Å²) in [6.45, 7) is 8.05. The number of aliphatic hydroxyl groups excluding tert-OH is 1. The maximum absolute atomic E-state index is 12.2. The molecule has 27 heavy (non-hydrogen) atoms. The van der Waals surface area contributed by atoms with Gasteiger partial charge >= 0.3 is 0 Å². The molecular formula is C19H35N3O3S2. The Morgan fingerprint density at radius 3 is 2.59 bits per heavy atom. The smallest absolute Gasteiger partial charge is 0.191 e. The molecule has 0 radical (unpaired) electrons. The highest BCUT2D eigenvalue weighted by Gasteiger charge is 2.20. The monoisotopic (exact) mass is 417 g/mol. The molecule has 0 aliphatic carbocycles. The average molecular weight is 418 g/mol. The summed E-state index contributed by atoms with van der Waals surface area (Å²) >= 11 is 1.17. The first-order chi connectivity index (χ1) is 12.8. The van der Waals surface area contributed by atoms with Crippen molar-refractivity contribution in [2.75, 3.05) is 25.4 Å². The molecular weight excluding hydrogens is 382 g/mol. The van der Waals surface area contributed by atoms with Crippen LogP contribution in [0.2, 0.25) is 0 Å². The predicted octanol–water partition coefficient (Wildman–Crippen LogP) is 3.04. The van der Waals surface area contributed by atoms with E-state index in [2.05, 4.69) is 29.5 Å². The minimum absolute atomic E-state index is 0.0499. The first kappa shape index (κ1) is 23.9. The van der Waals surface area contributed by atoms with E-state index in [0.29, 0.717) is 12.5 Å². The second kappa shape index (κ2) is 13.1. The normalized spacial score (nSPS) is 13.7. The van der Waals surface area contributed by atoms with Gasteiger partial charge in [-0.25, -0.2) is 8.42 Å². The number of thiophene rings is 1. The van der Waals surface area contributed by atoms with Gasteiger partial charge in [0.15, 0.2) is 15.8 Å². The Kier molecular flexibility index (Phi) is 11.6. The summed E-state index contributed by atoms with van der Waals surface area (Å²) in [6.07, 6.45) is 5.02. The SMILES string of the molecule is CCNC(=NCC(O)CS(=O)(=O)c1cccs1)NCCCCCCC(C)C. The molecule has 0 fully saturated rings. The highest BCUT2D eigenvalue weighted by molar-refractivity contribution is 7.93. The van der Waals surface area contributed by atoms with Crippen LogP contribution in [0.5, 0.6) is 0 Å². The van der Waals surface area contributed by atoms with Crippen molar-refractivity contribution >= 4 is 27.1 Å². The lowest BCUT2D eigenvalue weighted by molar-refractivity contribution is 0.206. The minimum Gasteiger partial charge on any atom is -0.390 e. The van der Waals surface area contributed by atoms with E-state index in [0.717, 1.165) is 18.9 Å². The topological polar surface area (TPSA) is 90.8 Å². The fourth-order valence-electron chi connectivity index (χ4n) is 2.60. The van der Waals surface area contributed by atoms with E-state index in [1.807, 2.05) is 6.92 Å². The first-order valence-corrected chi connectivity index (χ1v) is 12.3.